The van der Waals surface area contributed by atoms with Crippen LogP contribution < -0.4 is 18.9 Å². The van der Waals surface area contributed by atoms with E-state index in [1.54, 1.807) is 34.5 Å². The molecule has 0 saturated heterocycles. The third-order valence-electron chi connectivity index (χ3n) is 7.57. The second-order valence-electron chi connectivity index (χ2n) is 9.87. The number of benzene rings is 4. The molecule has 0 unspecified atom stereocenters. The number of carbonyl (C=O) groups excluding carboxylic acids is 2. The Morgan fingerprint density at radius 3 is 1.86 bits per heavy atom. The molecule has 0 amide bonds. The summed E-state index contributed by atoms with van der Waals surface area (Å²) in [6.45, 7) is 7.71. The molecule has 0 bridgehead atoms. The van der Waals surface area contributed by atoms with Gasteiger partial charge in [0.25, 0.3) is 0 Å². The number of rotatable bonds is 7. The minimum atomic E-state index is -0.135. The molecule has 5 rings (SSSR count). The zero-order valence-electron chi connectivity index (χ0n) is 25.0. The summed E-state index contributed by atoms with van der Waals surface area (Å²) in [7, 11) is 6.37. The van der Waals surface area contributed by atoms with Crippen LogP contribution in [-0.4, -0.2) is 40.0 Å². The number of hydrogen-bond donors (Lipinski definition) is 0. The standard InChI is InChI=1S/C18H18O4.C18H18O2/c1-5-15(19)14-9-7-6-8-13(14)12-10-16(20-2)18(22-4)17(11-12)21-3;1-11-10-16-13-6-4-5-7-14(13)17(19)9-8-15(16)18(20-3)12(11)2/h5-11H,1H2,2-4H3;4-7,10H,8-9H2,1-3H3. The zero-order chi connectivity index (χ0) is 30.4. The first kappa shape index (κ1) is 30.1. The van der Waals surface area contributed by atoms with Crippen LogP contribution in [0.25, 0.3) is 22.3 Å². The minimum absolute atomic E-state index is 0.135. The Bertz CT molecular complexity index is 1620. The van der Waals surface area contributed by atoms with Gasteiger partial charge in [-0.3, -0.25) is 9.59 Å². The second kappa shape index (κ2) is 13.2. The molecule has 0 atom stereocenters. The zero-order valence-corrected chi connectivity index (χ0v) is 25.0. The minimum Gasteiger partial charge on any atom is -0.496 e. The Morgan fingerprint density at radius 2 is 1.29 bits per heavy atom. The molecule has 4 aromatic carbocycles. The summed E-state index contributed by atoms with van der Waals surface area (Å²) in [5, 5.41) is 0. The summed E-state index contributed by atoms with van der Waals surface area (Å²) in [5.41, 5.74) is 8.70. The Balaban J connectivity index is 0.000000193. The fourth-order valence-corrected chi connectivity index (χ4v) is 5.33. The van der Waals surface area contributed by atoms with Crippen LogP contribution in [-0.2, 0) is 6.42 Å². The van der Waals surface area contributed by atoms with Crippen LogP contribution >= 0.6 is 0 Å². The van der Waals surface area contributed by atoms with Crippen molar-refractivity contribution in [2.75, 3.05) is 28.4 Å². The van der Waals surface area contributed by atoms with Crippen LogP contribution in [0.4, 0.5) is 0 Å². The highest BCUT2D eigenvalue weighted by Crippen LogP contribution is 2.42. The van der Waals surface area contributed by atoms with Gasteiger partial charge >= 0.3 is 0 Å². The van der Waals surface area contributed by atoms with Gasteiger partial charge < -0.3 is 18.9 Å². The number of allylic oxidation sites excluding steroid dienone is 1. The number of methoxy groups -OCH3 is 4. The molecule has 0 spiro atoms. The normalized spacial score (nSPS) is 11.6. The topological polar surface area (TPSA) is 71.1 Å². The van der Waals surface area contributed by atoms with Crippen molar-refractivity contribution >= 4 is 11.6 Å². The molecule has 6 nitrogen and oxygen atoms in total. The number of Topliss-reactive ketones (excluding diaryl/α,β-unsaturated/α-hetero) is 1. The van der Waals surface area contributed by atoms with Crippen molar-refractivity contribution in [1.29, 1.82) is 0 Å². The smallest absolute Gasteiger partial charge is 0.203 e. The van der Waals surface area contributed by atoms with E-state index in [1.165, 1.54) is 11.6 Å². The molecule has 216 valence electrons. The first-order chi connectivity index (χ1) is 20.3. The van der Waals surface area contributed by atoms with Crippen LogP contribution in [0.1, 0.15) is 43.8 Å². The molecule has 4 aromatic rings. The molecule has 1 aliphatic carbocycles. The molecule has 42 heavy (non-hydrogen) atoms. The molecule has 0 aliphatic heterocycles. The highest BCUT2D eigenvalue weighted by Gasteiger charge is 2.24. The van der Waals surface area contributed by atoms with Gasteiger partial charge in [0.15, 0.2) is 23.1 Å². The summed E-state index contributed by atoms with van der Waals surface area (Å²) < 4.78 is 21.6. The van der Waals surface area contributed by atoms with Crippen molar-refractivity contribution in [3.63, 3.8) is 0 Å². The maximum atomic E-state index is 12.3. The predicted molar refractivity (Wildman–Crippen MR) is 167 cm³/mol. The van der Waals surface area contributed by atoms with E-state index in [0.717, 1.165) is 51.1 Å². The lowest BCUT2D eigenvalue weighted by atomic mass is 9.92. The fraction of sp³-hybridized carbons (Fsp3) is 0.222. The molecule has 0 saturated carbocycles. The second-order valence-corrected chi connectivity index (χ2v) is 9.87. The lowest BCUT2D eigenvalue weighted by molar-refractivity contribution is 0.0983. The quantitative estimate of drug-likeness (QED) is 0.168. The number of ketones is 2. The average Bonchev–Trinajstić information content (AvgIpc) is 3.17. The molecule has 1 aliphatic rings. The van der Waals surface area contributed by atoms with E-state index in [0.29, 0.717) is 29.2 Å². The Morgan fingerprint density at radius 1 is 0.714 bits per heavy atom. The lowest BCUT2D eigenvalue weighted by Crippen LogP contribution is -2.00. The molecule has 0 radical (unpaired) electrons. The van der Waals surface area contributed by atoms with Gasteiger partial charge in [-0.15, -0.1) is 0 Å². The van der Waals surface area contributed by atoms with Gasteiger partial charge in [0.1, 0.15) is 5.75 Å². The van der Waals surface area contributed by atoms with Crippen molar-refractivity contribution in [2.45, 2.75) is 26.7 Å². The third-order valence-corrected chi connectivity index (χ3v) is 7.57. The lowest BCUT2D eigenvalue weighted by Gasteiger charge is -2.17. The molecule has 6 heteroatoms. The van der Waals surface area contributed by atoms with E-state index in [4.69, 9.17) is 18.9 Å². The summed E-state index contributed by atoms with van der Waals surface area (Å²) in [4.78, 5) is 24.3. The number of fused-ring (bicyclic) bond motifs is 3. The SMILES string of the molecule is C=CC(=O)c1ccccc1-c1cc(OC)c(OC)c(OC)c1.COc1c(C)c(C)cc2c1CCC(=O)c1ccccc1-2. The van der Waals surface area contributed by atoms with Crippen molar-refractivity contribution < 1.29 is 28.5 Å². The van der Waals surface area contributed by atoms with Crippen LogP contribution in [0.3, 0.4) is 0 Å². The Kier molecular flexibility index (Phi) is 9.48. The molecule has 0 N–H and O–H groups in total. The number of ether oxygens (including phenoxy) is 4. The van der Waals surface area contributed by atoms with Gasteiger partial charge in [-0.2, -0.15) is 0 Å². The van der Waals surface area contributed by atoms with Crippen LogP contribution in [0.5, 0.6) is 23.0 Å². The first-order valence-electron chi connectivity index (χ1n) is 13.6. The van der Waals surface area contributed by atoms with Gasteiger partial charge in [0, 0.05) is 23.1 Å². The summed E-state index contributed by atoms with van der Waals surface area (Å²) in [5.74, 6) is 2.61. The summed E-state index contributed by atoms with van der Waals surface area (Å²) >= 11 is 0. The maximum absolute atomic E-state index is 12.3. The fourth-order valence-electron chi connectivity index (χ4n) is 5.33. The predicted octanol–water partition coefficient (Wildman–Crippen LogP) is 7.86. The maximum Gasteiger partial charge on any atom is 0.203 e. The van der Waals surface area contributed by atoms with Gasteiger partial charge in [-0.05, 0) is 71.9 Å². The highest BCUT2D eigenvalue weighted by atomic mass is 16.5. The largest absolute Gasteiger partial charge is 0.496 e. The van der Waals surface area contributed by atoms with E-state index in [9.17, 15) is 9.59 Å². The van der Waals surface area contributed by atoms with Crippen molar-refractivity contribution in [3.8, 4) is 45.3 Å². The van der Waals surface area contributed by atoms with E-state index >= 15 is 0 Å². The molecule has 0 fully saturated rings. The average molecular weight is 565 g/mol. The van der Waals surface area contributed by atoms with Crippen molar-refractivity contribution in [3.05, 3.63) is 107 Å². The van der Waals surface area contributed by atoms with E-state index in [-0.39, 0.29) is 11.6 Å². The summed E-state index contributed by atoms with van der Waals surface area (Å²) in [6, 6.07) is 21.0. The Labute approximate surface area is 247 Å². The van der Waals surface area contributed by atoms with Crippen LogP contribution in [0.15, 0.2) is 79.4 Å². The van der Waals surface area contributed by atoms with Gasteiger partial charge in [-0.25, -0.2) is 0 Å². The van der Waals surface area contributed by atoms with E-state index in [1.807, 2.05) is 54.6 Å². The van der Waals surface area contributed by atoms with Crippen LogP contribution in [0, 0.1) is 13.8 Å². The highest BCUT2D eigenvalue weighted by molar-refractivity contribution is 6.09. The van der Waals surface area contributed by atoms with Crippen molar-refractivity contribution in [2.24, 2.45) is 0 Å². The van der Waals surface area contributed by atoms with Crippen LogP contribution in [0.2, 0.25) is 0 Å². The molecule has 0 aromatic heterocycles. The third kappa shape index (κ3) is 5.79. The van der Waals surface area contributed by atoms with E-state index < -0.39 is 0 Å². The number of carbonyl (C=O) groups is 2. The molecular weight excluding hydrogens is 528 g/mol. The van der Waals surface area contributed by atoms with Gasteiger partial charge in [0.05, 0.1) is 28.4 Å². The number of aryl methyl sites for hydroxylation is 1. The number of hydrogen-bond acceptors (Lipinski definition) is 6. The molecule has 0 heterocycles. The van der Waals surface area contributed by atoms with Gasteiger partial charge in [-0.1, -0.05) is 61.2 Å². The summed E-state index contributed by atoms with van der Waals surface area (Å²) in [6.07, 6.45) is 2.59. The van der Waals surface area contributed by atoms with E-state index in [2.05, 4.69) is 26.5 Å². The molecular formula is C36H36O6. The monoisotopic (exact) mass is 564 g/mol. The Hall–Kier alpha value is -4.84. The van der Waals surface area contributed by atoms with Crippen molar-refractivity contribution in [1.82, 2.24) is 0 Å². The first-order valence-corrected chi connectivity index (χ1v) is 13.6. The van der Waals surface area contributed by atoms with Gasteiger partial charge in [0.2, 0.25) is 5.75 Å².